The second kappa shape index (κ2) is 9.00. The molecule has 9 heteroatoms. The molecule has 3 aromatic carbocycles. The SMILES string of the molecule is O=C(COc1ccccc1-c1ccccc1)NNC(=O)c1c[nH]c2ccc([N+](=O)[O-])cc12. The fraction of sp³-hybridized carbons (Fsp3) is 0.0435. The quantitative estimate of drug-likeness (QED) is 0.318. The lowest BCUT2D eigenvalue weighted by molar-refractivity contribution is -0.384. The number of H-pyrrole nitrogens is 1. The summed E-state index contributed by atoms with van der Waals surface area (Å²) in [5.74, 6) is -0.647. The Bertz CT molecular complexity index is 1300. The highest BCUT2D eigenvalue weighted by Gasteiger charge is 2.16. The molecule has 3 N–H and O–H groups in total. The van der Waals surface area contributed by atoms with Gasteiger partial charge in [0.15, 0.2) is 6.61 Å². The van der Waals surface area contributed by atoms with Crippen molar-refractivity contribution >= 4 is 28.4 Å². The first-order valence-electron chi connectivity index (χ1n) is 9.65. The Morgan fingerprint density at radius 3 is 2.50 bits per heavy atom. The van der Waals surface area contributed by atoms with E-state index < -0.39 is 16.7 Å². The summed E-state index contributed by atoms with van der Waals surface area (Å²) in [6.45, 7) is -0.316. The van der Waals surface area contributed by atoms with E-state index in [0.717, 1.165) is 11.1 Å². The fourth-order valence-corrected chi connectivity index (χ4v) is 3.23. The number of amides is 2. The molecule has 32 heavy (non-hydrogen) atoms. The van der Waals surface area contributed by atoms with Crippen molar-refractivity contribution in [1.82, 2.24) is 15.8 Å². The van der Waals surface area contributed by atoms with Crippen molar-refractivity contribution in [1.29, 1.82) is 0 Å². The van der Waals surface area contributed by atoms with Gasteiger partial charge in [-0.2, -0.15) is 0 Å². The van der Waals surface area contributed by atoms with Gasteiger partial charge in [0, 0.05) is 34.8 Å². The normalized spacial score (nSPS) is 10.5. The van der Waals surface area contributed by atoms with Gasteiger partial charge in [-0.1, -0.05) is 48.5 Å². The van der Waals surface area contributed by atoms with Crippen LogP contribution in [-0.4, -0.2) is 28.3 Å². The number of ether oxygens (including phenoxy) is 1. The van der Waals surface area contributed by atoms with Crippen molar-refractivity contribution < 1.29 is 19.2 Å². The number of nitro benzene ring substituents is 1. The Balaban J connectivity index is 1.38. The molecule has 0 unspecified atom stereocenters. The molecule has 1 aromatic heterocycles. The first kappa shape index (κ1) is 20.6. The Kier molecular flexibility index (Phi) is 5.80. The number of carbonyl (C=O) groups is 2. The van der Waals surface area contributed by atoms with Gasteiger partial charge < -0.3 is 9.72 Å². The molecular formula is C23H18N4O5. The number of nitrogens with zero attached hydrogens (tertiary/aromatic N) is 1. The molecule has 0 aliphatic rings. The zero-order valence-corrected chi connectivity index (χ0v) is 16.7. The number of carbonyl (C=O) groups excluding carboxylic acids is 2. The summed E-state index contributed by atoms with van der Waals surface area (Å²) in [5.41, 5.74) is 6.97. The van der Waals surface area contributed by atoms with Crippen LogP contribution in [0.2, 0.25) is 0 Å². The van der Waals surface area contributed by atoms with E-state index in [-0.39, 0.29) is 17.9 Å². The van der Waals surface area contributed by atoms with Crippen LogP contribution >= 0.6 is 0 Å². The fourth-order valence-electron chi connectivity index (χ4n) is 3.23. The average molecular weight is 430 g/mol. The molecule has 0 aliphatic heterocycles. The smallest absolute Gasteiger partial charge is 0.276 e. The van der Waals surface area contributed by atoms with E-state index in [2.05, 4.69) is 15.8 Å². The number of hydrogen-bond donors (Lipinski definition) is 3. The standard InChI is InChI=1S/C23H18N4O5/c28-22(14-32-21-9-5-4-8-17(21)15-6-2-1-3-7-15)25-26-23(29)19-13-24-20-11-10-16(27(30)31)12-18(19)20/h1-13,24H,14H2,(H,25,28)(H,26,29). The Hall–Kier alpha value is -4.66. The number of nitrogens with one attached hydrogen (secondary N) is 3. The predicted molar refractivity (Wildman–Crippen MR) is 118 cm³/mol. The number of hydrogen-bond acceptors (Lipinski definition) is 5. The van der Waals surface area contributed by atoms with Crippen LogP contribution in [0.5, 0.6) is 5.75 Å². The molecule has 9 nitrogen and oxygen atoms in total. The zero-order chi connectivity index (χ0) is 22.5. The Labute approximate surface area is 182 Å². The lowest BCUT2D eigenvalue weighted by Gasteiger charge is -2.12. The van der Waals surface area contributed by atoms with Crippen LogP contribution in [0.15, 0.2) is 79.0 Å². The van der Waals surface area contributed by atoms with Crippen LogP contribution in [0.25, 0.3) is 22.0 Å². The molecular weight excluding hydrogens is 412 g/mol. The topological polar surface area (TPSA) is 126 Å². The van der Waals surface area contributed by atoms with Crippen molar-refractivity contribution in [3.05, 3.63) is 94.7 Å². The molecule has 160 valence electrons. The molecule has 0 atom stereocenters. The van der Waals surface area contributed by atoms with Crippen LogP contribution in [0.3, 0.4) is 0 Å². The van der Waals surface area contributed by atoms with Crippen LogP contribution in [-0.2, 0) is 4.79 Å². The van der Waals surface area contributed by atoms with Gasteiger partial charge in [0.1, 0.15) is 5.75 Å². The third kappa shape index (κ3) is 4.41. The maximum absolute atomic E-state index is 12.5. The van der Waals surface area contributed by atoms with E-state index in [1.807, 2.05) is 42.5 Å². The van der Waals surface area contributed by atoms with Crippen molar-refractivity contribution in [3.63, 3.8) is 0 Å². The summed E-state index contributed by atoms with van der Waals surface area (Å²) in [4.78, 5) is 38.0. The van der Waals surface area contributed by atoms with Crippen LogP contribution in [0, 0.1) is 10.1 Å². The largest absolute Gasteiger partial charge is 0.483 e. The minimum Gasteiger partial charge on any atom is -0.483 e. The number of nitro groups is 1. The number of aromatic nitrogens is 1. The Morgan fingerprint density at radius 1 is 0.969 bits per heavy atom. The molecule has 0 saturated heterocycles. The first-order valence-corrected chi connectivity index (χ1v) is 9.65. The van der Waals surface area contributed by atoms with E-state index in [9.17, 15) is 19.7 Å². The third-order valence-electron chi connectivity index (χ3n) is 4.77. The van der Waals surface area contributed by atoms with E-state index >= 15 is 0 Å². The summed E-state index contributed by atoms with van der Waals surface area (Å²) in [6.07, 6.45) is 1.42. The van der Waals surface area contributed by atoms with Crippen molar-refractivity contribution in [2.75, 3.05) is 6.61 Å². The average Bonchev–Trinajstić information content (AvgIpc) is 3.25. The number of hydrazine groups is 1. The van der Waals surface area contributed by atoms with Gasteiger partial charge in [-0.05, 0) is 17.7 Å². The lowest BCUT2D eigenvalue weighted by atomic mass is 10.1. The molecule has 0 radical (unpaired) electrons. The molecule has 4 aromatic rings. The van der Waals surface area contributed by atoms with E-state index in [1.54, 1.807) is 12.1 Å². The lowest BCUT2D eigenvalue weighted by Crippen LogP contribution is -2.43. The van der Waals surface area contributed by atoms with Crippen molar-refractivity contribution in [2.45, 2.75) is 0 Å². The zero-order valence-electron chi connectivity index (χ0n) is 16.7. The van der Waals surface area contributed by atoms with Gasteiger partial charge in [0.25, 0.3) is 17.5 Å². The van der Waals surface area contributed by atoms with E-state index in [4.69, 9.17) is 4.74 Å². The molecule has 0 bridgehead atoms. The number of benzene rings is 3. The number of fused-ring (bicyclic) bond motifs is 1. The second-order valence-electron chi connectivity index (χ2n) is 6.84. The summed E-state index contributed by atoms with van der Waals surface area (Å²) in [5, 5.41) is 11.4. The highest BCUT2D eigenvalue weighted by molar-refractivity contribution is 6.07. The molecule has 4 rings (SSSR count). The van der Waals surface area contributed by atoms with Gasteiger partial charge in [-0.3, -0.25) is 30.6 Å². The van der Waals surface area contributed by atoms with Crippen LogP contribution in [0.1, 0.15) is 10.4 Å². The first-order chi connectivity index (χ1) is 15.5. The van der Waals surface area contributed by atoms with Crippen molar-refractivity contribution in [2.24, 2.45) is 0 Å². The number of para-hydroxylation sites is 1. The molecule has 1 heterocycles. The number of aromatic amines is 1. The van der Waals surface area contributed by atoms with Gasteiger partial charge in [0.05, 0.1) is 10.5 Å². The van der Waals surface area contributed by atoms with E-state index in [0.29, 0.717) is 16.7 Å². The molecule has 0 fully saturated rings. The summed E-state index contributed by atoms with van der Waals surface area (Å²) < 4.78 is 5.64. The summed E-state index contributed by atoms with van der Waals surface area (Å²) in [6, 6.07) is 21.1. The van der Waals surface area contributed by atoms with Crippen molar-refractivity contribution in [3.8, 4) is 16.9 Å². The number of non-ortho nitro benzene ring substituents is 1. The summed E-state index contributed by atoms with van der Waals surface area (Å²) >= 11 is 0. The minimum absolute atomic E-state index is 0.138. The number of rotatable bonds is 6. The maximum atomic E-state index is 12.5. The second-order valence-corrected chi connectivity index (χ2v) is 6.84. The monoisotopic (exact) mass is 430 g/mol. The maximum Gasteiger partial charge on any atom is 0.276 e. The minimum atomic E-state index is -0.616. The molecule has 2 amide bonds. The van der Waals surface area contributed by atoms with Crippen LogP contribution in [0.4, 0.5) is 5.69 Å². The van der Waals surface area contributed by atoms with Gasteiger partial charge in [-0.15, -0.1) is 0 Å². The van der Waals surface area contributed by atoms with Gasteiger partial charge in [-0.25, -0.2) is 0 Å². The molecule has 0 spiro atoms. The van der Waals surface area contributed by atoms with Gasteiger partial charge >= 0.3 is 0 Å². The predicted octanol–water partition coefficient (Wildman–Crippen LogP) is 3.58. The van der Waals surface area contributed by atoms with E-state index in [1.165, 1.54) is 24.4 Å². The Morgan fingerprint density at radius 2 is 1.72 bits per heavy atom. The molecule has 0 aliphatic carbocycles. The highest BCUT2D eigenvalue weighted by atomic mass is 16.6. The van der Waals surface area contributed by atoms with Crippen LogP contribution < -0.4 is 15.6 Å². The highest BCUT2D eigenvalue weighted by Crippen LogP contribution is 2.29. The molecule has 0 saturated carbocycles. The third-order valence-corrected chi connectivity index (χ3v) is 4.77. The van der Waals surface area contributed by atoms with Gasteiger partial charge in [0.2, 0.25) is 0 Å². The summed E-state index contributed by atoms with van der Waals surface area (Å²) in [7, 11) is 0.